The molecule has 0 saturated carbocycles. The van der Waals surface area contributed by atoms with Gasteiger partial charge in [0.25, 0.3) is 0 Å². The van der Waals surface area contributed by atoms with E-state index in [1.807, 2.05) is 0 Å². The minimum atomic E-state index is 0.376. The van der Waals surface area contributed by atoms with Crippen molar-refractivity contribution in [2.75, 3.05) is 19.6 Å². The van der Waals surface area contributed by atoms with Gasteiger partial charge in [-0.1, -0.05) is 114 Å². The summed E-state index contributed by atoms with van der Waals surface area (Å²) in [6.07, 6.45) is 19.4. The summed E-state index contributed by atoms with van der Waals surface area (Å²) < 4.78 is 0. The second kappa shape index (κ2) is 17.2. The van der Waals surface area contributed by atoms with Gasteiger partial charge in [-0.25, -0.2) is 0 Å². The van der Waals surface area contributed by atoms with Crippen LogP contribution in [0.3, 0.4) is 0 Å². The van der Waals surface area contributed by atoms with Gasteiger partial charge in [0, 0.05) is 38.6 Å². The largest absolute Gasteiger partial charge is 0.341 e. The third-order valence-electron chi connectivity index (χ3n) is 7.06. The molecule has 32 heavy (non-hydrogen) atoms. The van der Waals surface area contributed by atoms with Crippen molar-refractivity contribution >= 4 is 5.91 Å². The first-order valence-electron chi connectivity index (χ1n) is 13.8. The van der Waals surface area contributed by atoms with E-state index in [1.165, 1.54) is 82.6 Å². The highest BCUT2D eigenvalue weighted by Crippen LogP contribution is 2.17. The van der Waals surface area contributed by atoms with Gasteiger partial charge >= 0.3 is 0 Å². The van der Waals surface area contributed by atoms with E-state index in [0.717, 1.165) is 45.4 Å². The molecule has 1 aromatic rings. The summed E-state index contributed by atoms with van der Waals surface area (Å²) in [7, 11) is 0. The summed E-state index contributed by atoms with van der Waals surface area (Å²) in [6.45, 7) is 8.43. The second-order valence-corrected chi connectivity index (χ2v) is 9.99. The zero-order valence-corrected chi connectivity index (χ0v) is 21.2. The molecule has 0 bridgehead atoms. The van der Waals surface area contributed by atoms with Crippen LogP contribution in [-0.4, -0.2) is 41.4 Å². The fraction of sp³-hybridized carbons (Fsp3) is 0.759. The van der Waals surface area contributed by atoms with Crippen molar-refractivity contribution in [3.63, 3.8) is 0 Å². The molecule has 0 aliphatic carbocycles. The third kappa shape index (κ3) is 11.5. The number of nitrogens with zero attached hydrogens (tertiary/aromatic N) is 2. The Kier molecular flexibility index (Phi) is 14.4. The predicted octanol–water partition coefficient (Wildman–Crippen LogP) is 7.59. The van der Waals surface area contributed by atoms with Gasteiger partial charge in [0.15, 0.2) is 0 Å². The van der Waals surface area contributed by atoms with Gasteiger partial charge in [-0.05, 0) is 25.3 Å². The molecule has 1 aromatic carbocycles. The Morgan fingerprint density at radius 3 is 1.97 bits per heavy atom. The van der Waals surface area contributed by atoms with E-state index in [4.69, 9.17) is 0 Å². The Morgan fingerprint density at radius 1 is 0.812 bits per heavy atom. The number of carbonyl (C=O) groups is 1. The summed E-state index contributed by atoms with van der Waals surface area (Å²) in [5.41, 5.74) is 1.37. The molecular formula is C29H50N2O. The molecule has 1 heterocycles. The van der Waals surface area contributed by atoms with E-state index in [-0.39, 0.29) is 0 Å². The van der Waals surface area contributed by atoms with E-state index >= 15 is 0 Å². The molecule has 1 saturated heterocycles. The molecule has 1 fully saturated rings. The molecule has 1 amide bonds. The van der Waals surface area contributed by atoms with Gasteiger partial charge < -0.3 is 4.90 Å². The molecule has 1 aliphatic rings. The molecule has 3 nitrogen and oxygen atoms in total. The third-order valence-corrected chi connectivity index (χ3v) is 7.06. The standard InChI is InChI=1S/C29H50N2O/c1-3-4-5-6-7-8-9-10-11-12-13-14-18-22-29(32)31-24-19-23-30(27(2)25-31)26-28-20-16-15-17-21-28/h15-17,20-21,27H,3-14,18-19,22-26H2,1-2H3. The summed E-state index contributed by atoms with van der Waals surface area (Å²) in [6, 6.07) is 11.1. The van der Waals surface area contributed by atoms with Crippen molar-refractivity contribution in [3.05, 3.63) is 35.9 Å². The van der Waals surface area contributed by atoms with E-state index in [9.17, 15) is 4.79 Å². The van der Waals surface area contributed by atoms with Crippen LogP contribution in [0.5, 0.6) is 0 Å². The van der Waals surface area contributed by atoms with Crippen LogP contribution in [0.15, 0.2) is 30.3 Å². The van der Waals surface area contributed by atoms with Crippen molar-refractivity contribution in [2.45, 2.75) is 123 Å². The molecule has 0 N–H and O–H groups in total. The molecule has 1 aliphatic heterocycles. The maximum atomic E-state index is 12.8. The van der Waals surface area contributed by atoms with Crippen molar-refractivity contribution in [1.82, 2.24) is 9.80 Å². The van der Waals surface area contributed by atoms with Crippen LogP contribution in [0.25, 0.3) is 0 Å². The first-order chi connectivity index (χ1) is 15.7. The lowest BCUT2D eigenvalue weighted by molar-refractivity contribution is -0.131. The topological polar surface area (TPSA) is 23.6 Å². The van der Waals surface area contributed by atoms with Gasteiger partial charge in [-0.15, -0.1) is 0 Å². The Balaban J connectivity index is 1.49. The molecule has 0 aromatic heterocycles. The van der Waals surface area contributed by atoms with Crippen LogP contribution in [0, 0.1) is 0 Å². The molecule has 1 unspecified atom stereocenters. The quantitative estimate of drug-likeness (QED) is 0.246. The lowest BCUT2D eigenvalue weighted by Gasteiger charge is -2.29. The minimum Gasteiger partial charge on any atom is -0.341 e. The highest BCUT2D eigenvalue weighted by molar-refractivity contribution is 5.76. The summed E-state index contributed by atoms with van der Waals surface area (Å²) in [5.74, 6) is 0.376. The fourth-order valence-corrected chi connectivity index (χ4v) is 4.94. The van der Waals surface area contributed by atoms with Crippen LogP contribution < -0.4 is 0 Å². The lowest BCUT2D eigenvalue weighted by Crippen LogP contribution is -2.40. The Morgan fingerprint density at radius 2 is 1.38 bits per heavy atom. The van der Waals surface area contributed by atoms with Gasteiger partial charge in [-0.2, -0.15) is 0 Å². The van der Waals surface area contributed by atoms with Crippen molar-refractivity contribution in [2.24, 2.45) is 0 Å². The average Bonchev–Trinajstić information content (AvgIpc) is 2.99. The molecular weight excluding hydrogens is 392 g/mol. The normalized spacial score (nSPS) is 17.4. The smallest absolute Gasteiger partial charge is 0.222 e. The molecule has 182 valence electrons. The Labute approximate surface area is 199 Å². The predicted molar refractivity (Wildman–Crippen MR) is 138 cm³/mol. The van der Waals surface area contributed by atoms with Crippen molar-refractivity contribution in [1.29, 1.82) is 0 Å². The molecule has 0 spiro atoms. The van der Waals surface area contributed by atoms with Crippen molar-refractivity contribution < 1.29 is 4.79 Å². The molecule has 0 radical (unpaired) electrons. The summed E-state index contributed by atoms with van der Waals surface area (Å²) in [5, 5.41) is 0. The van der Waals surface area contributed by atoms with Gasteiger partial charge in [-0.3, -0.25) is 9.69 Å². The maximum Gasteiger partial charge on any atom is 0.222 e. The number of carbonyl (C=O) groups excluding carboxylic acids is 1. The number of hydrogen-bond donors (Lipinski definition) is 0. The second-order valence-electron chi connectivity index (χ2n) is 9.99. The maximum absolute atomic E-state index is 12.8. The van der Waals surface area contributed by atoms with Crippen LogP contribution in [0.2, 0.25) is 0 Å². The minimum absolute atomic E-state index is 0.376. The fourth-order valence-electron chi connectivity index (χ4n) is 4.94. The van der Waals surface area contributed by atoms with Crippen LogP contribution in [0.1, 0.15) is 116 Å². The van der Waals surface area contributed by atoms with Gasteiger partial charge in [0.05, 0.1) is 0 Å². The number of rotatable bonds is 16. The highest BCUT2D eigenvalue weighted by atomic mass is 16.2. The summed E-state index contributed by atoms with van der Waals surface area (Å²) in [4.78, 5) is 17.4. The summed E-state index contributed by atoms with van der Waals surface area (Å²) >= 11 is 0. The van der Waals surface area contributed by atoms with E-state index in [0.29, 0.717) is 11.9 Å². The van der Waals surface area contributed by atoms with Crippen LogP contribution in [0.4, 0.5) is 0 Å². The Bertz CT molecular complexity index is 588. The number of unbranched alkanes of at least 4 members (excludes halogenated alkanes) is 12. The highest BCUT2D eigenvalue weighted by Gasteiger charge is 2.24. The first kappa shape index (κ1) is 26.9. The number of amides is 1. The first-order valence-corrected chi connectivity index (χ1v) is 13.8. The average molecular weight is 443 g/mol. The van der Waals surface area contributed by atoms with Gasteiger partial charge in [0.2, 0.25) is 5.91 Å². The monoisotopic (exact) mass is 442 g/mol. The van der Waals surface area contributed by atoms with Crippen LogP contribution >= 0.6 is 0 Å². The lowest BCUT2D eigenvalue weighted by atomic mass is 10.0. The van der Waals surface area contributed by atoms with E-state index in [1.54, 1.807) is 0 Å². The SMILES string of the molecule is CCCCCCCCCCCCCCCC(=O)N1CCCN(Cc2ccccc2)C(C)C1. The van der Waals surface area contributed by atoms with Gasteiger partial charge in [0.1, 0.15) is 0 Å². The molecule has 3 heteroatoms. The van der Waals surface area contributed by atoms with Crippen molar-refractivity contribution in [3.8, 4) is 0 Å². The van der Waals surface area contributed by atoms with E-state index < -0.39 is 0 Å². The number of benzene rings is 1. The zero-order valence-electron chi connectivity index (χ0n) is 21.2. The zero-order chi connectivity index (χ0) is 22.9. The molecule has 2 rings (SSSR count). The Hall–Kier alpha value is -1.35. The van der Waals surface area contributed by atoms with E-state index in [2.05, 4.69) is 54.0 Å². The number of hydrogen-bond acceptors (Lipinski definition) is 2. The van der Waals surface area contributed by atoms with Crippen LogP contribution in [-0.2, 0) is 11.3 Å². The molecule has 1 atom stereocenters.